The van der Waals surface area contributed by atoms with E-state index in [1.807, 2.05) is 0 Å². The molecule has 16 heavy (non-hydrogen) atoms. The Kier molecular flexibility index (Phi) is 2.78. The van der Waals surface area contributed by atoms with Crippen molar-refractivity contribution in [2.24, 2.45) is 0 Å². The highest BCUT2D eigenvalue weighted by atomic mass is 79.9. The van der Waals surface area contributed by atoms with Crippen LogP contribution < -0.4 is 11.3 Å². The second kappa shape index (κ2) is 4.09. The van der Waals surface area contributed by atoms with E-state index in [4.69, 9.17) is 5.73 Å². The van der Waals surface area contributed by atoms with Crippen molar-refractivity contribution in [2.45, 2.75) is 0 Å². The van der Waals surface area contributed by atoms with Gasteiger partial charge in [-0.2, -0.15) is 0 Å². The van der Waals surface area contributed by atoms with Crippen LogP contribution in [0.15, 0.2) is 39.6 Å². The van der Waals surface area contributed by atoms with Gasteiger partial charge in [-0.15, -0.1) is 0 Å². The quantitative estimate of drug-likeness (QED) is 0.844. The summed E-state index contributed by atoms with van der Waals surface area (Å²) in [5, 5.41) is 0. The van der Waals surface area contributed by atoms with E-state index in [-0.39, 0.29) is 5.69 Å². The van der Waals surface area contributed by atoms with Crippen LogP contribution >= 0.6 is 15.9 Å². The predicted molar refractivity (Wildman–Crippen MR) is 64.6 cm³/mol. The molecule has 1 heterocycles. The average Bonchev–Trinajstić information content (AvgIpc) is 2.25. The zero-order valence-corrected chi connectivity index (χ0v) is 9.71. The molecule has 3 N–H and O–H groups in total. The van der Waals surface area contributed by atoms with Crippen LogP contribution in [0.3, 0.4) is 0 Å². The number of nitrogen functional groups attached to an aromatic ring is 1. The minimum Gasteiger partial charge on any atom is -0.394 e. The lowest BCUT2D eigenvalue weighted by Crippen LogP contribution is -2.12. The molecule has 0 saturated carbocycles. The van der Waals surface area contributed by atoms with Gasteiger partial charge in [-0.3, -0.25) is 4.79 Å². The van der Waals surface area contributed by atoms with Gasteiger partial charge in [-0.1, -0.05) is 12.1 Å². The summed E-state index contributed by atoms with van der Waals surface area (Å²) in [4.78, 5) is 13.9. The molecule has 1 aromatic carbocycles. The van der Waals surface area contributed by atoms with Crippen molar-refractivity contribution in [2.75, 3.05) is 5.73 Å². The van der Waals surface area contributed by atoms with Gasteiger partial charge in [-0.25, -0.2) is 4.39 Å². The number of nitrogens with one attached hydrogen (secondary N) is 1. The topological polar surface area (TPSA) is 58.9 Å². The number of benzene rings is 1. The molecular weight excluding hydrogens is 275 g/mol. The Morgan fingerprint density at radius 3 is 2.69 bits per heavy atom. The number of H-pyrrole nitrogens is 1. The Morgan fingerprint density at radius 2 is 2.00 bits per heavy atom. The number of hydrogen-bond donors (Lipinski definition) is 2. The Morgan fingerprint density at radius 1 is 1.31 bits per heavy atom. The molecule has 0 aliphatic heterocycles. The van der Waals surface area contributed by atoms with Crippen molar-refractivity contribution in [3.8, 4) is 11.3 Å². The molecule has 82 valence electrons. The second-order valence-electron chi connectivity index (χ2n) is 3.26. The maximum atomic E-state index is 13.5. The fourth-order valence-corrected chi connectivity index (χ4v) is 1.94. The minimum absolute atomic E-state index is 0.0898. The highest BCUT2D eigenvalue weighted by Gasteiger charge is 2.10. The van der Waals surface area contributed by atoms with Gasteiger partial charge in [0.1, 0.15) is 5.82 Å². The summed E-state index contributed by atoms with van der Waals surface area (Å²) in [6.45, 7) is 0. The normalized spacial score (nSPS) is 10.4. The van der Waals surface area contributed by atoms with E-state index < -0.39 is 11.4 Å². The Balaban J connectivity index is 2.70. The van der Waals surface area contributed by atoms with Crippen molar-refractivity contribution < 1.29 is 4.39 Å². The summed E-state index contributed by atoms with van der Waals surface area (Å²) in [5.41, 5.74) is 5.81. The van der Waals surface area contributed by atoms with Gasteiger partial charge < -0.3 is 10.7 Å². The Labute approximate surface area is 99.2 Å². The number of pyridine rings is 1. The van der Waals surface area contributed by atoms with Gasteiger partial charge in [-0.05, 0) is 34.1 Å². The first-order chi connectivity index (χ1) is 7.59. The first kappa shape index (κ1) is 10.9. The standard InChI is InChI=1S/C11H8BrFN2O/c12-7-5-9(14)11(16)15-10(7)6-3-1-2-4-8(6)13/h1-5H,14H2,(H,15,16). The van der Waals surface area contributed by atoms with E-state index in [2.05, 4.69) is 20.9 Å². The maximum Gasteiger partial charge on any atom is 0.271 e. The molecule has 0 unspecified atom stereocenters. The van der Waals surface area contributed by atoms with Crippen molar-refractivity contribution in [1.82, 2.24) is 4.98 Å². The zero-order chi connectivity index (χ0) is 11.7. The molecule has 0 radical (unpaired) electrons. The molecule has 2 rings (SSSR count). The summed E-state index contributed by atoms with van der Waals surface area (Å²) >= 11 is 3.24. The van der Waals surface area contributed by atoms with Gasteiger partial charge in [0.25, 0.3) is 5.56 Å². The van der Waals surface area contributed by atoms with Crippen molar-refractivity contribution in [3.63, 3.8) is 0 Å². The molecule has 0 aliphatic carbocycles. The molecule has 0 spiro atoms. The first-order valence-electron chi connectivity index (χ1n) is 4.53. The van der Waals surface area contributed by atoms with E-state index in [1.165, 1.54) is 12.1 Å². The number of aromatic nitrogens is 1. The van der Waals surface area contributed by atoms with Gasteiger partial charge in [0.15, 0.2) is 0 Å². The lowest BCUT2D eigenvalue weighted by atomic mass is 10.1. The molecule has 0 fully saturated rings. The molecule has 0 bridgehead atoms. The van der Waals surface area contributed by atoms with Crippen LogP contribution in [0.5, 0.6) is 0 Å². The Bertz CT molecular complexity index is 595. The van der Waals surface area contributed by atoms with E-state index in [9.17, 15) is 9.18 Å². The summed E-state index contributed by atoms with van der Waals surface area (Å²) in [6, 6.07) is 7.65. The van der Waals surface area contributed by atoms with Gasteiger partial charge in [0.2, 0.25) is 0 Å². The number of halogens is 2. The number of anilines is 1. The van der Waals surface area contributed by atoms with Crippen LogP contribution in [0, 0.1) is 5.82 Å². The number of rotatable bonds is 1. The average molecular weight is 283 g/mol. The lowest BCUT2D eigenvalue weighted by Gasteiger charge is -2.06. The second-order valence-corrected chi connectivity index (χ2v) is 4.11. The van der Waals surface area contributed by atoms with Crippen LogP contribution in [-0.4, -0.2) is 4.98 Å². The monoisotopic (exact) mass is 282 g/mol. The van der Waals surface area contributed by atoms with Gasteiger partial charge >= 0.3 is 0 Å². The van der Waals surface area contributed by atoms with E-state index >= 15 is 0 Å². The van der Waals surface area contributed by atoms with E-state index in [0.717, 1.165) is 0 Å². The Hall–Kier alpha value is -1.62. The third kappa shape index (κ3) is 1.86. The van der Waals surface area contributed by atoms with Crippen LogP contribution in [0.4, 0.5) is 10.1 Å². The largest absolute Gasteiger partial charge is 0.394 e. The van der Waals surface area contributed by atoms with E-state index in [0.29, 0.717) is 15.7 Å². The number of nitrogens with two attached hydrogens (primary N) is 1. The molecule has 1 aromatic heterocycles. The SMILES string of the molecule is Nc1cc(Br)c(-c2ccccc2F)[nH]c1=O. The third-order valence-corrected chi connectivity index (χ3v) is 2.79. The van der Waals surface area contributed by atoms with Crippen LogP contribution in [-0.2, 0) is 0 Å². The van der Waals surface area contributed by atoms with E-state index in [1.54, 1.807) is 18.2 Å². The fraction of sp³-hybridized carbons (Fsp3) is 0. The molecule has 0 amide bonds. The van der Waals surface area contributed by atoms with Crippen LogP contribution in [0.2, 0.25) is 0 Å². The maximum absolute atomic E-state index is 13.5. The highest BCUT2D eigenvalue weighted by Crippen LogP contribution is 2.27. The zero-order valence-electron chi connectivity index (χ0n) is 8.13. The fourth-order valence-electron chi connectivity index (χ4n) is 1.38. The number of aromatic amines is 1. The van der Waals surface area contributed by atoms with Crippen molar-refractivity contribution in [1.29, 1.82) is 0 Å². The summed E-state index contributed by atoms with van der Waals surface area (Å²) in [7, 11) is 0. The lowest BCUT2D eigenvalue weighted by molar-refractivity contribution is 0.630. The predicted octanol–water partition coefficient (Wildman–Crippen LogP) is 2.53. The molecular formula is C11H8BrFN2O. The van der Waals surface area contributed by atoms with Gasteiger partial charge in [0, 0.05) is 10.0 Å². The molecule has 5 heteroatoms. The molecule has 0 atom stereocenters. The van der Waals surface area contributed by atoms with Crippen molar-refractivity contribution >= 4 is 21.6 Å². The molecule has 3 nitrogen and oxygen atoms in total. The van der Waals surface area contributed by atoms with Crippen molar-refractivity contribution in [3.05, 3.63) is 51.0 Å². The molecule has 0 saturated heterocycles. The number of hydrogen-bond acceptors (Lipinski definition) is 2. The molecule has 0 aliphatic rings. The summed E-state index contributed by atoms with van der Waals surface area (Å²) in [6.07, 6.45) is 0. The smallest absolute Gasteiger partial charge is 0.271 e. The summed E-state index contributed by atoms with van der Waals surface area (Å²) < 4.78 is 14.1. The third-order valence-electron chi connectivity index (χ3n) is 2.16. The molecule has 2 aromatic rings. The van der Waals surface area contributed by atoms with Gasteiger partial charge in [0.05, 0.1) is 11.4 Å². The minimum atomic E-state index is -0.429. The summed E-state index contributed by atoms with van der Waals surface area (Å²) in [5.74, 6) is -0.399. The highest BCUT2D eigenvalue weighted by molar-refractivity contribution is 9.10. The van der Waals surface area contributed by atoms with Crippen LogP contribution in [0.25, 0.3) is 11.3 Å². The van der Waals surface area contributed by atoms with Crippen LogP contribution in [0.1, 0.15) is 0 Å². The first-order valence-corrected chi connectivity index (χ1v) is 5.32.